The van der Waals surface area contributed by atoms with E-state index >= 15 is 0 Å². The van der Waals surface area contributed by atoms with Crippen LogP contribution in [0.4, 0.5) is 11.4 Å². The number of aryl methyl sites for hydroxylation is 1. The number of phenolic OH excluding ortho intramolecular Hbond substituents is 1. The standard InChI is InChI=1S/C45H66N6O9/c1-6-33-29-36(52)9-12-39(33)49-43(46)38-31-48-51-32-35(30-40(51)42(38)50-41-13-14-45(4,47)44(41,2)3)34-7-10-37(11-8-34)60-28-27-59-26-25-58-24-23-57-22-21-56-20-19-55-18-17-54-16-15-53-5/h7-12,29-32,41,50,52H,6,13-28,47H2,1-5H3,(H2,46,49)/t41-,45+/m1/s1. The Morgan fingerprint density at radius 1 is 0.800 bits per heavy atom. The molecule has 1 saturated carbocycles. The molecule has 0 spiro atoms. The number of rotatable bonds is 28. The van der Waals surface area contributed by atoms with Crippen LogP contribution in [0.25, 0.3) is 16.6 Å². The maximum atomic E-state index is 10.1. The van der Waals surface area contributed by atoms with Crippen molar-refractivity contribution in [3.8, 4) is 22.6 Å². The Morgan fingerprint density at radius 3 is 1.90 bits per heavy atom. The van der Waals surface area contributed by atoms with Crippen molar-refractivity contribution in [3.05, 3.63) is 72.1 Å². The number of hydrogen-bond acceptors (Lipinski definition) is 13. The molecular weight excluding hydrogens is 769 g/mol. The number of nitrogens with one attached hydrogen (secondary N) is 1. The van der Waals surface area contributed by atoms with Gasteiger partial charge in [-0.25, -0.2) is 9.51 Å². The molecule has 15 nitrogen and oxygen atoms in total. The largest absolute Gasteiger partial charge is 0.508 e. The third kappa shape index (κ3) is 13.3. The molecule has 2 atom stereocenters. The lowest BCUT2D eigenvalue weighted by Crippen LogP contribution is -2.51. The van der Waals surface area contributed by atoms with Crippen molar-refractivity contribution in [1.82, 2.24) is 9.61 Å². The molecule has 0 unspecified atom stereocenters. The van der Waals surface area contributed by atoms with Crippen LogP contribution in [-0.4, -0.2) is 132 Å². The molecule has 4 aromatic rings. The zero-order valence-corrected chi connectivity index (χ0v) is 36.1. The van der Waals surface area contributed by atoms with Crippen LogP contribution in [-0.2, 0) is 39.6 Å². The number of fused-ring (bicyclic) bond motifs is 1. The van der Waals surface area contributed by atoms with Crippen molar-refractivity contribution in [2.45, 2.75) is 58.5 Å². The van der Waals surface area contributed by atoms with E-state index in [4.69, 9.17) is 59.5 Å². The Labute approximate surface area is 354 Å². The highest BCUT2D eigenvalue weighted by Gasteiger charge is 2.49. The minimum Gasteiger partial charge on any atom is -0.508 e. The number of methoxy groups -OCH3 is 1. The van der Waals surface area contributed by atoms with Gasteiger partial charge in [-0.3, -0.25) is 0 Å². The minimum atomic E-state index is -0.335. The van der Waals surface area contributed by atoms with E-state index in [0.29, 0.717) is 116 Å². The number of ether oxygens (including phenoxy) is 8. The second-order valence-electron chi connectivity index (χ2n) is 15.6. The van der Waals surface area contributed by atoms with Gasteiger partial charge in [-0.1, -0.05) is 32.9 Å². The Hall–Kier alpha value is -4.32. The summed E-state index contributed by atoms with van der Waals surface area (Å²) in [6.07, 6.45) is 6.28. The molecule has 1 fully saturated rings. The summed E-state index contributed by atoms with van der Waals surface area (Å²) >= 11 is 0. The first-order valence-electron chi connectivity index (χ1n) is 21.0. The molecule has 60 heavy (non-hydrogen) atoms. The third-order valence-corrected chi connectivity index (χ3v) is 11.2. The molecule has 0 aliphatic heterocycles. The fourth-order valence-electron chi connectivity index (χ4n) is 6.97. The Balaban J connectivity index is 1.06. The van der Waals surface area contributed by atoms with Gasteiger partial charge in [0.05, 0.1) is 115 Å². The molecule has 1 aliphatic carbocycles. The van der Waals surface area contributed by atoms with Crippen LogP contribution in [0.3, 0.4) is 0 Å². The number of aromatic hydroxyl groups is 1. The number of anilines is 1. The predicted molar refractivity (Wildman–Crippen MR) is 234 cm³/mol. The van der Waals surface area contributed by atoms with Crippen molar-refractivity contribution in [2.75, 3.05) is 105 Å². The first-order valence-corrected chi connectivity index (χ1v) is 21.0. The smallest absolute Gasteiger partial charge is 0.135 e. The SMILES string of the molecule is CCc1cc(O)ccc1N=C(N)c1cnn2cc(-c3ccc(OCCOCCOCCOCCOCCOCCOCCOC)cc3)cc2c1N[C@@H]1CC[C@](C)(N)C1(C)C. The Morgan fingerprint density at radius 2 is 1.37 bits per heavy atom. The van der Waals surface area contributed by atoms with Crippen molar-refractivity contribution in [3.63, 3.8) is 0 Å². The molecule has 5 rings (SSSR count). The maximum Gasteiger partial charge on any atom is 0.135 e. The van der Waals surface area contributed by atoms with Crippen LogP contribution in [0, 0.1) is 5.41 Å². The number of phenols is 1. The lowest BCUT2D eigenvalue weighted by molar-refractivity contribution is -0.0199. The molecule has 330 valence electrons. The fraction of sp³-hybridized carbons (Fsp3) is 0.556. The zero-order valence-electron chi connectivity index (χ0n) is 36.1. The molecule has 2 aromatic heterocycles. The number of amidine groups is 1. The van der Waals surface area contributed by atoms with Crippen LogP contribution < -0.4 is 21.5 Å². The summed E-state index contributed by atoms with van der Waals surface area (Å²) in [6, 6.07) is 15.3. The first-order chi connectivity index (χ1) is 29.0. The number of benzene rings is 2. The topological polar surface area (TPSA) is 188 Å². The van der Waals surface area contributed by atoms with Crippen LogP contribution in [0.1, 0.15) is 51.7 Å². The van der Waals surface area contributed by atoms with E-state index in [9.17, 15) is 5.11 Å². The molecule has 0 radical (unpaired) electrons. The maximum absolute atomic E-state index is 10.1. The van der Waals surface area contributed by atoms with Gasteiger partial charge in [0.2, 0.25) is 0 Å². The van der Waals surface area contributed by atoms with Gasteiger partial charge in [0.1, 0.15) is 23.9 Å². The molecule has 0 bridgehead atoms. The van der Waals surface area contributed by atoms with E-state index in [2.05, 4.69) is 32.2 Å². The lowest BCUT2D eigenvalue weighted by atomic mass is 9.75. The van der Waals surface area contributed by atoms with Crippen molar-refractivity contribution in [2.24, 2.45) is 21.9 Å². The van der Waals surface area contributed by atoms with Gasteiger partial charge in [0.15, 0.2) is 0 Å². The second-order valence-corrected chi connectivity index (χ2v) is 15.6. The molecule has 0 saturated heterocycles. The van der Waals surface area contributed by atoms with Gasteiger partial charge in [-0.2, -0.15) is 5.10 Å². The van der Waals surface area contributed by atoms with Gasteiger partial charge >= 0.3 is 0 Å². The highest BCUT2D eigenvalue weighted by molar-refractivity contribution is 6.06. The second kappa shape index (κ2) is 23.6. The van der Waals surface area contributed by atoms with Crippen molar-refractivity contribution >= 4 is 22.7 Å². The number of nitrogens with zero attached hydrogens (tertiary/aromatic N) is 3. The van der Waals surface area contributed by atoms with Gasteiger partial charge < -0.3 is 59.8 Å². The fourth-order valence-corrected chi connectivity index (χ4v) is 6.97. The van der Waals surface area contributed by atoms with Crippen LogP contribution in [0.15, 0.2) is 65.9 Å². The van der Waals surface area contributed by atoms with Crippen molar-refractivity contribution in [1.29, 1.82) is 0 Å². The van der Waals surface area contributed by atoms with E-state index in [1.807, 2.05) is 41.9 Å². The van der Waals surface area contributed by atoms with Gasteiger partial charge in [0, 0.05) is 35.9 Å². The summed E-state index contributed by atoms with van der Waals surface area (Å²) < 4.78 is 45.8. The summed E-state index contributed by atoms with van der Waals surface area (Å²) in [5.41, 5.74) is 19.1. The molecule has 2 aromatic carbocycles. The normalized spacial score (nSPS) is 17.8. The molecule has 15 heteroatoms. The summed E-state index contributed by atoms with van der Waals surface area (Å²) in [5.74, 6) is 1.28. The van der Waals surface area contributed by atoms with Crippen molar-refractivity contribution < 1.29 is 43.0 Å². The number of hydrogen-bond donors (Lipinski definition) is 4. The highest BCUT2D eigenvalue weighted by atomic mass is 16.6. The highest BCUT2D eigenvalue weighted by Crippen LogP contribution is 2.46. The lowest BCUT2D eigenvalue weighted by Gasteiger charge is -2.39. The minimum absolute atomic E-state index is 0.0906. The monoisotopic (exact) mass is 834 g/mol. The average molecular weight is 835 g/mol. The molecule has 2 heterocycles. The summed E-state index contributed by atoms with van der Waals surface area (Å²) in [7, 11) is 1.65. The molecule has 1 aliphatic rings. The Bertz CT molecular complexity index is 1920. The Kier molecular flexibility index (Phi) is 18.4. The van der Waals surface area contributed by atoms with Gasteiger partial charge in [-0.15, -0.1) is 0 Å². The van der Waals surface area contributed by atoms with E-state index in [1.165, 1.54) is 0 Å². The zero-order chi connectivity index (χ0) is 42.8. The van der Waals surface area contributed by atoms with E-state index in [-0.39, 0.29) is 22.7 Å². The van der Waals surface area contributed by atoms with Gasteiger partial charge in [0.25, 0.3) is 0 Å². The van der Waals surface area contributed by atoms with E-state index in [0.717, 1.165) is 46.5 Å². The average Bonchev–Trinajstić information content (AvgIpc) is 3.76. The van der Waals surface area contributed by atoms with E-state index in [1.54, 1.807) is 31.5 Å². The van der Waals surface area contributed by atoms with Crippen LogP contribution >= 0.6 is 0 Å². The summed E-state index contributed by atoms with van der Waals surface area (Å²) in [6.45, 7) is 15.6. The number of aliphatic imine (C=N–C) groups is 1. The van der Waals surface area contributed by atoms with Crippen LogP contribution in [0.5, 0.6) is 11.5 Å². The predicted octanol–water partition coefficient (Wildman–Crippen LogP) is 5.75. The van der Waals surface area contributed by atoms with Gasteiger partial charge in [-0.05, 0) is 73.7 Å². The third-order valence-electron chi connectivity index (χ3n) is 11.2. The summed E-state index contributed by atoms with van der Waals surface area (Å²) in [5, 5.41) is 18.7. The molecule has 6 N–H and O–H groups in total. The number of aromatic nitrogens is 2. The quantitative estimate of drug-likeness (QED) is 0.0308. The first kappa shape index (κ1) is 46.7. The molecule has 0 amide bonds. The summed E-state index contributed by atoms with van der Waals surface area (Å²) in [4.78, 5) is 4.83. The van der Waals surface area contributed by atoms with E-state index < -0.39 is 0 Å². The van der Waals surface area contributed by atoms with Crippen LogP contribution in [0.2, 0.25) is 0 Å². The molecular formula is C45H66N6O9. The number of nitrogens with two attached hydrogens (primary N) is 2.